The number of para-hydroxylation sites is 3. The number of aromatic nitrogens is 2. The molecule has 0 saturated heterocycles. The van der Waals surface area contributed by atoms with Crippen LogP contribution in [0, 0.1) is 0 Å². The number of hydrogen-bond acceptors (Lipinski definition) is 0. The maximum atomic E-state index is 2.51. The average Bonchev–Trinajstić information content (AvgIpc) is 3.99. The van der Waals surface area contributed by atoms with Crippen LogP contribution in [0.3, 0.4) is 0 Å². The van der Waals surface area contributed by atoms with Crippen LogP contribution in [0.4, 0.5) is 0 Å². The molecule has 13 rings (SSSR count). The first-order valence-corrected chi connectivity index (χ1v) is 22.2. The van der Waals surface area contributed by atoms with Crippen molar-refractivity contribution in [2.75, 3.05) is 0 Å². The second-order valence-electron chi connectivity index (χ2n) is 17.1. The molecule has 9 aromatic carbocycles. The van der Waals surface area contributed by atoms with Crippen molar-refractivity contribution in [3.63, 3.8) is 0 Å². The quantitative estimate of drug-likeness (QED) is 0.158. The number of nitrogens with zero attached hydrogens (tertiary/aromatic N) is 2. The van der Waals surface area contributed by atoms with Gasteiger partial charge in [0, 0.05) is 38.5 Å². The van der Waals surface area contributed by atoms with Gasteiger partial charge in [0.05, 0.1) is 27.5 Å². The maximum Gasteiger partial charge on any atom is 0.0713 e. The van der Waals surface area contributed by atoms with Crippen molar-refractivity contribution in [1.82, 2.24) is 9.13 Å². The van der Waals surface area contributed by atoms with Crippen molar-refractivity contribution in [2.24, 2.45) is 0 Å². The number of fused-ring (bicyclic) bond motifs is 9. The molecule has 2 heterocycles. The van der Waals surface area contributed by atoms with Crippen LogP contribution in [0.1, 0.15) is 40.7 Å². The van der Waals surface area contributed by atoms with Crippen LogP contribution in [-0.2, 0) is 5.41 Å². The third-order valence-corrected chi connectivity index (χ3v) is 13.8. The molecule has 0 aliphatic heterocycles. The van der Waals surface area contributed by atoms with Gasteiger partial charge in [-0.3, -0.25) is 0 Å². The van der Waals surface area contributed by atoms with E-state index in [1.54, 1.807) is 0 Å². The molecular weight excluding hydrogens is 761 g/mol. The summed E-state index contributed by atoms with van der Waals surface area (Å²) in [7, 11) is 0. The summed E-state index contributed by atoms with van der Waals surface area (Å²) < 4.78 is 4.92. The average molecular weight is 803 g/mol. The Bertz CT molecular complexity index is 3610. The third-order valence-electron chi connectivity index (χ3n) is 13.8. The fourth-order valence-corrected chi connectivity index (χ4v) is 11.1. The molecule has 63 heavy (non-hydrogen) atoms. The molecule has 0 spiro atoms. The highest BCUT2D eigenvalue weighted by Crippen LogP contribution is 2.56. The molecule has 0 unspecified atom stereocenters. The van der Waals surface area contributed by atoms with Crippen LogP contribution in [0.25, 0.3) is 82.8 Å². The lowest BCUT2D eigenvalue weighted by Crippen LogP contribution is -2.28. The van der Waals surface area contributed by atoms with Gasteiger partial charge in [0.25, 0.3) is 0 Å². The van der Waals surface area contributed by atoms with E-state index in [1.807, 2.05) is 0 Å². The summed E-state index contributed by atoms with van der Waals surface area (Å²) >= 11 is 0. The van der Waals surface area contributed by atoms with Crippen molar-refractivity contribution in [3.05, 3.63) is 258 Å². The zero-order chi connectivity index (χ0) is 41.5. The highest BCUT2D eigenvalue weighted by molar-refractivity contribution is 6.16. The third kappa shape index (κ3) is 5.25. The molecule has 296 valence electrons. The van der Waals surface area contributed by atoms with Crippen LogP contribution in [-0.4, -0.2) is 9.13 Å². The predicted octanol–water partition coefficient (Wildman–Crippen LogP) is 15.6. The Labute approximate surface area is 367 Å². The molecule has 0 bridgehead atoms. The Morgan fingerprint density at radius 2 is 0.952 bits per heavy atom. The molecular formula is C61H42N2. The smallest absolute Gasteiger partial charge is 0.0713 e. The van der Waals surface area contributed by atoms with E-state index in [0.717, 1.165) is 24.2 Å². The topological polar surface area (TPSA) is 9.86 Å². The van der Waals surface area contributed by atoms with E-state index >= 15 is 0 Å². The van der Waals surface area contributed by atoms with E-state index in [-0.39, 0.29) is 0 Å². The van der Waals surface area contributed by atoms with E-state index < -0.39 is 5.41 Å². The fourth-order valence-electron chi connectivity index (χ4n) is 11.1. The van der Waals surface area contributed by atoms with Gasteiger partial charge in [-0.15, -0.1) is 0 Å². The lowest BCUT2D eigenvalue weighted by molar-refractivity contribution is 0.770. The number of hydrogen-bond donors (Lipinski definition) is 0. The summed E-state index contributed by atoms with van der Waals surface area (Å²) in [6.07, 6.45) is 9.11. The lowest BCUT2D eigenvalue weighted by atomic mass is 9.67. The first-order chi connectivity index (χ1) is 31.3. The highest BCUT2D eigenvalue weighted by atomic mass is 15.0. The number of allylic oxidation sites excluding steroid dienone is 4. The summed E-state index contributed by atoms with van der Waals surface area (Å²) in [5.74, 6) is 0. The first-order valence-electron chi connectivity index (χ1n) is 22.2. The van der Waals surface area contributed by atoms with Gasteiger partial charge >= 0.3 is 0 Å². The molecule has 2 aliphatic carbocycles. The van der Waals surface area contributed by atoms with E-state index in [4.69, 9.17) is 0 Å². The molecule has 0 radical (unpaired) electrons. The summed E-state index contributed by atoms with van der Waals surface area (Å²) in [4.78, 5) is 0. The van der Waals surface area contributed by atoms with Gasteiger partial charge in [-0.2, -0.15) is 0 Å². The van der Waals surface area contributed by atoms with Gasteiger partial charge in [0.2, 0.25) is 0 Å². The molecule has 2 aromatic heterocycles. The predicted molar refractivity (Wildman–Crippen MR) is 264 cm³/mol. The Morgan fingerprint density at radius 3 is 1.70 bits per heavy atom. The normalized spacial score (nSPS) is 14.1. The number of rotatable bonds is 6. The van der Waals surface area contributed by atoms with Crippen molar-refractivity contribution in [2.45, 2.75) is 18.3 Å². The second kappa shape index (κ2) is 14.1. The van der Waals surface area contributed by atoms with Gasteiger partial charge in [-0.05, 0) is 118 Å². The monoisotopic (exact) mass is 802 g/mol. The van der Waals surface area contributed by atoms with Crippen molar-refractivity contribution in [1.29, 1.82) is 0 Å². The van der Waals surface area contributed by atoms with E-state index in [0.29, 0.717) is 0 Å². The van der Waals surface area contributed by atoms with E-state index in [9.17, 15) is 0 Å². The van der Waals surface area contributed by atoms with Gasteiger partial charge in [0.1, 0.15) is 0 Å². The molecule has 0 saturated carbocycles. The molecule has 11 aromatic rings. The zero-order valence-corrected chi connectivity index (χ0v) is 34.7. The van der Waals surface area contributed by atoms with Crippen LogP contribution in [0.15, 0.2) is 231 Å². The molecule has 2 heteroatoms. The van der Waals surface area contributed by atoms with Crippen molar-refractivity contribution < 1.29 is 0 Å². The van der Waals surface area contributed by atoms with Gasteiger partial charge in [0.15, 0.2) is 0 Å². The molecule has 0 atom stereocenters. The minimum Gasteiger partial charge on any atom is -0.309 e. The maximum absolute atomic E-state index is 2.51. The van der Waals surface area contributed by atoms with Crippen molar-refractivity contribution in [3.8, 4) is 33.6 Å². The second-order valence-corrected chi connectivity index (χ2v) is 17.1. The first kappa shape index (κ1) is 35.8. The Morgan fingerprint density at radius 1 is 0.365 bits per heavy atom. The van der Waals surface area contributed by atoms with Gasteiger partial charge in [-0.1, -0.05) is 176 Å². The summed E-state index contributed by atoms with van der Waals surface area (Å²) in [6, 6.07) is 79.2. The van der Waals surface area contributed by atoms with Crippen LogP contribution in [0.2, 0.25) is 0 Å². The van der Waals surface area contributed by atoms with E-state index in [1.165, 1.54) is 99.3 Å². The van der Waals surface area contributed by atoms with Gasteiger partial charge in [-0.25, -0.2) is 0 Å². The van der Waals surface area contributed by atoms with Crippen molar-refractivity contribution >= 4 is 49.2 Å². The Balaban J connectivity index is 1.10. The minimum atomic E-state index is -0.500. The molecule has 0 amide bonds. The highest BCUT2D eigenvalue weighted by Gasteiger charge is 2.46. The summed E-state index contributed by atoms with van der Waals surface area (Å²) in [6.45, 7) is 0. The fraction of sp³-hybridized carbons (Fsp3) is 0.0492. The number of benzene rings is 9. The molecule has 0 fully saturated rings. The standard InChI is InChI=1S/C61H42N2/c1-4-17-41(18-5-1)42-31-35-47(36-32-42)62-58-37-33-43(48-26-16-27-52-51-25-12-15-30-57(51)63(60(48)52)46-21-8-3-9-22-46)39-53(58)54-40-45(34-38-59(54)62)61(44-19-6-2-7-20-44)55-28-13-10-23-49(55)50-24-11-14-29-56(50)61/h2-4,6-40H,1,5H2. The Kier molecular flexibility index (Phi) is 7.98. The molecule has 2 aliphatic rings. The largest absolute Gasteiger partial charge is 0.309 e. The van der Waals surface area contributed by atoms with Gasteiger partial charge < -0.3 is 9.13 Å². The molecule has 2 nitrogen and oxygen atoms in total. The van der Waals surface area contributed by atoms with Crippen LogP contribution in [0.5, 0.6) is 0 Å². The van der Waals surface area contributed by atoms with Crippen LogP contribution < -0.4 is 0 Å². The molecule has 0 N–H and O–H groups in total. The van der Waals surface area contributed by atoms with Crippen LogP contribution >= 0.6 is 0 Å². The lowest BCUT2D eigenvalue weighted by Gasteiger charge is -2.34. The summed E-state index contributed by atoms with van der Waals surface area (Å²) in [5.41, 5.74) is 19.4. The Hall–Kier alpha value is -7.94. The zero-order valence-electron chi connectivity index (χ0n) is 34.7. The summed E-state index contributed by atoms with van der Waals surface area (Å²) in [5, 5.41) is 4.97. The SMILES string of the molecule is C1=CC(c2ccc(-n3c4ccc(-c5cccc6c7ccccc7n(-c7ccccc7)c56)cc4c4cc(C5(c6ccccc6)c6ccccc6-c6ccccc65)ccc43)cc2)=CCC1. The van der Waals surface area contributed by atoms with E-state index in [2.05, 4.69) is 240 Å². The minimum absolute atomic E-state index is 0.500.